The maximum Gasteiger partial charge on any atom is 0.210 e. The van der Waals surface area contributed by atoms with Crippen molar-refractivity contribution in [2.24, 2.45) is 5.92 Å². The molecule has 0 spiro atoms. The first kappa shape index (κ1) is 17.9. The maximum atomic E-state index is 13.4. The van der Waals surface area contributed by atoms with Gasteiger partial charge in [0.2, 0.25) is 10.0 Å². The second-order valence-corrected chi connectivity index (χ2v) is 8.29. The molecule has 0 bridgehead atoms. The molecule has 1 aliphatic heterocycles. The van der Waals surface area contributed by atoms with Gasteiger partial charge >= 0.3 is 0 Å². The lowest BCUT2D eigenvalue weighted by Crippen LogP contribution is -2.41. The molecule has 1 atom stereocenters. The molecule has 23 heavy (non-hydrogen) atoms. The van der Waals surface area contributed by atoms with Crippen LogP contribution in [-0.2, 0) is 16.6 Å². The minimum atomic E-state index is -3.17. The lowest BCUT2D eigenvalue weighted by molar-refractivity contribution is 0.155. The van der Waals surface area contributed by atoms with Crippen molar-refractivity contribution in [1.82, 2.24) is 9.21 Å². The largest absolute Gasteiger partial charge is 0.299 e. The zero-order valence-electron chi connectivity index (χ0n) is 13.5. The van der Waals surface area contributed by atoms with Crippen molar-refractivity contribution in [2.45, 2.75) is 19.4 Å². The summed E-state index contributed by atoms with van der Waals surface area (Å²) in [5.74, 6) is -0.0908. The maximum absolute atomic E-state index is 13.4. The van der Waals surface area contributed by atoms with E-state index in [0.29, 0.717) is 24.2 Å². The Morgan fingerprint density at radius 1 is 1.48 bits per heavy atom. The average molecular weight is 339 g/mol. The van der Waals surface area contributed by atoms with Gasteiger partial charge in [-0.1, -0.05) is 0 Å². The first-order valence-electron chi connectivity index (χ1n) is 7.62. The molecule has 1 saturated heterocycles. The molecular formula is C16H22FN3O2S. The highest BCUT2D eigenvalue weighted by molar-refractivity contribution is 7.88. The molecule has 1 aromatic rings. The summed E-state index contributed by atoms with van der Waals surface area (Å²) in [6.07, 6.45) is 3.16. The topological polar surface area (TPSA) is 64.4 Å². The third-order valence-electron chi connectivity index (χ3n) is 4.27. The Morgan fingerprint density at radius 3 is 2.87 bits per heavy atom. The summed E-state index contributed by atoms with van der Waals surface area (Å²) in [5.41, 5.74) is 1.17. The zero-order valence-corrected chi connectivity index (χ0v) is 14.3. The third-order valence-corrected chi connectivity index (χ3v) is 5.55. The van der Waals surface area contributed by atoms with Crippen LogP contribution in [0.2, 0.25) is 0 Å². The Kier molecular flexibility index (Phi) is 5.74. The Labute approximate surface area is 137 Å². The Bertz CT molecular complexity index is 700. The van der Waals surface area contributed by atoms with E-state index in [-0.39, 0.29) is 11.7 Å². The van der Waals surface area contributed by atoms with Crippen LogP contribution in [0, 0.1) is 23.1 Å². The fourth-order valence-corrected chi connectivity index (χ4v) is 3.47. The Hall–Kier alpha value is -1.49. The van der Waals surface area contributed by atoms with Gasteiger partial charge in [-0.25, -0.2) is 17.1 Å². The molecule has 0 unspecified atom stereocenters. The smallest absolute Gasteiger partial charge is 0.210 e. The normalized spacial score (nSPS) is 19.7. The van der Waals surface area contributed by atoms with Crippen LogP contribution in [0.4, 0.5) is 4.39 Å². The van der Waals surface area contributed by atoms with Gasteiger partial charge in [-0.3, -0.25) is 4.90 Å². The number of sulfonamides is 1. The van der Waals surface area contributed by atoms with Gasteiger partial charge in [0.15, 0.2) is 0 Å². The van der Waals surface area contributed by atoms with E-state index in [2.05, 4.69) is 11.0 Å². The fraction of sp³-hybridized carbons (Fsp3) is 0.562. The molecule has 126 valence electrons. The second kappa shape index (κ2) is 7.39. The molecule has 1 fully saturated rings. The van der Waals surface area contributed by atoms with Gasteiger partial charge in [0, 0.05) is 26.7 Å². The van der Waals surface area contributed by atoms with Gasteiger partial charge in [-0.15, -0.1) is 0 Å². The predicted octanol–water partition coefficient (Wildman–Crippen LogP) is 1.80. The van der Waals surface area contributed by atoms with E-state index >= 15 is 0 Å². The number of likely N-dealkylation sites (tertiary alicyclic amines) is 1. The standard InChI is InChI=1S/C16H22FN3O2S/c1-19(23(2,21)22)10-13-4-3-7-20(11-13)12-15-8-16(17)6-5-14(15)9-18/h5-6,8,13H,3-4,7,10-12H2,1-2H3/t13-/m1/s1. The molecule has 1 aromatic carbocycles. The molecule has 0 aromatic heterocycles. The number of rotatable bonds is 5. The van der Waals surface area contributed by atoms with Crippen LogP contribution in [0.5, 0.6) is 0 Å². The molecule has 0 aliphatic carbocycles. The van der Waals surface area contributed by atoms with E-state index in [1.54, 1.807) is 7.05 Å². The molecule has 7 heteroatoms. The van der Waals surface area contributed by atoms with Gasteiger partial charge in [0.25, 0.3) is 0 Å². The Morgan fingerprint density at radius 2 is 2.22 bits per heavy atom. The van der Waals surface area contributed by atoms with Crippen LogP contribution < -0.4 is 0 Å². The third kappa shape index (κ3) is 4.99. The molecule has 1 aliphatic rings. The first-order valence-corrected chi connectivity index (χ1v) is 9.46. The van der Waals surface area contributed by atoms with Gasteiger partial charge in [-0.05, 0) is 49.1 Å². The molecule has 2 rings (SSSR count). The number of halogens is 1. The van der Waals surface area contributed by atoms with Crippen molar-refractivity contribution in [2.75, 3.05) is 32.9 Å². The number of hydrogen-bond acceptors (Lipinski definition) is 4. The number of hydrogen-bond donors (Lipinski definition) is 0. The molecule has 1 heterocycles. The van der Waals surface area contributed by atoms with Crippen molar-refractivity contribution in [3.05, 3.63) is 35.1 Å². The molecular weight excluding hydrogens is 317 g/mol. The van der Waals surface area contributed by atoms with E-state index in [1.165, 1.54) is 28.8 Å². The van der Waals surface area contributed by atoms with Crippen molar-refractivity contribution in [3.8, 4) is 6.07 Å². The van der Waals surface area contributed by atoms with Crippen molar-refractivity contribution in [1.29, 1.82) is 5.26 Å². The fourth-order valence-electron chi connectivity index (χ4n) is 2.99. The van der Waals surface area contributed by atoms with Crippen LogP contribution in [-0.4, -0.2) is 50.6 Å². The summed E-state index contributed by atoms with van der Waals surface area (Å²) in [6.45, 7) is 2.63. The van der Waals surface area contributed by atoms with Crippen LogP contribution in [0.3, 0.4) is 0 Å². The zero-order chi connectivity index (χ0) is 17.0. The number of benzene rings is 1. The molecule has 0 saturated carbocycles. The summed E-state index contributed by atoms with van der Waals surface area (Å²) in [4.78, 5) is 2.17. The van der Waals surface area contributed by atoms with Crippen LogP contribution in [0.15, 0.2) is 18.2 Å². The summed E-state index contributed by atoms with van der Waals surface area (Å²) < 4.78 is 37.9. The van der Waals surface area contributed by atoms with Gasteiger partial charge in [0.05, 0.1) is 17.9 Å². The highest BCUT2D eigenvalue weighted by Gasteiger charge is 2.24. The van der Waals surface area contributed by atoms with E-state index in [4.69, 9.17) is 5.26 Å². The van der Waals surface area contributed by atoms with Gasteiger partial charge in [-0.2, -0.15) is 5.26 Å². The monoisotopic (exact) mass is 339 g/mol. The van der Waals surface area contributed by atoms with E-state index in [9.17, 15) is 12.8 Å². The first-order chi connectivity index (χ1) is 10.8. The molecule has 0 amide bonds. The SMILES string of the molecule is CN(C[C@H]1CCCN(Cc2cc(F)ccc2C#N)C1)S(C)(=O)=O. The molecule has 0 radical (unpaired) electrons. The van der Waals surface area contributed by atoms with Crippen molar-refractivity contribution in [3.63, 3.8) is 0 Å². The predicted molar refractivity (Wildman–Crippen MR) is 86.6 cm³/mol. The van der Waals surface area contributed by atoms with Crippen molar-refractivity contribution >= 4 is 10.0 Å². The minimum absolute atomic E-state index is 0.252. The van der Waals surface area contributed by atoms with Gasteiger partial charge < -0.3 is 0 Å². The second-order valence-electron chi connectivity index (χ2n) is 6.20. The number of nitriles is 1. The van der Waals surface area contributed by atoms with E-state index in [0.717, 1.165) is 25.9 Å². The summed E-state index contributed by atoms with van der Waals surface area (Å²) in [6, 6.07) is 6.30. The highest BCUT2D eigenvalue weighted by Crippen LogP contribution is 2.21. The molecule has 0 N–H and O–H groups in total. The summed E-state index contributed by atoms with van der Waals surface area (Å²) in [7, 11) is -1.58. The van der Waals surface area contributed by atoms with Crippen LogP contribution in [0.25, 0.3) is 0 Å². The quantitative estimate of drug-likeness (QED) is 0.820. The highest BCUT2D eigenvalue weighted by atomic mass is 32.2. The van der Waals surface area contributed by atoms with E-state index < -0.39 is 10.0 Å². The van der Waals surface area contributed by atoms with Crippen LogP contribution >= 0.6 is 0 Å². The number of piperidine rings is 1. The molecule has 5 nitrogen and oxygen atoms in total. The average Bonchev–Trinajstić information content (AvgIpc) is 2.47. The minimum Gasteiger partial charge on any atom is -0.299 e. The lowest BCUT2D eigenvalue weighted by Gasteiger charge is -2.34. The summed E-state index contributed by atoms with van der Waals surface area (Å²) in [5, 5.41) is 9.13. The Balaban J connectivity index is 2.02. The summed E-state index contributed by atoms with van der Waals surface area (Å²) >= 11 is 0. The number of nitrogens with zero attached hydrogens (tertiary/aromatic N) is 3. The van der Waals surface area contributed by atoms with Crippen molar-refractivity contribution < 1.29 is 12.8 Å². The van der Waals surface area contributed by atoms with Gasteiger partial charge in [0.1, 0.15) is 5.82 Å². The lowest BCUT2D eigenvalue weighted by atomic mass is 9.97. The van der Waals surface area contributed by atoms with Crippen LogP contribution in [0.1, 0.15) is 24.0 Å². The van der Waals surface area contributed by atoms with E-state index in [1.807, 2.05) is 0 Å².